The van der Waals surface area contributed by atoms with Gasteiger partial charge in [0.2, 0.25) is 11.8 Å². The Hall–Kier alpha value is -2.13. The van der Waals surface area contributed by atoms with E-state index in [1.807, 2.05) is 0 Å². The fourth-order valence-electron chi connectivity index (χ4n) is 3.09. The minimum Gasteiger partial charge on any atom is -0.374 e. The van der Waals surface area contributed by atoms with Crippen LogP contribution in [-0.2, 0) is 16.1 Å². The molecule has 160 valence electrons. The fraction of sp³-hybridized carbons (Fsp3) is 0.333. The predicted octanol–water partition coefficient (Wildman–Crippen LogP) is 2.69. The largest absolute Gasteiger partial charge is 0.374 e. The number of nitrogens with one attached hydrogen (secondary N) is 1. The van der Waals surface area contributed by atoms with E-state index in [0.717, 1.165) is 17.0 Å². The van der Waals surface area contributed by atoms with E-state index in [1.54, 1.807) is 36.4 Å². The molecule has 0 radical (unpaired) electrons. The number of halogens is 2. The molecule has 1 atom stereocenters. The van der Waals surface area contributed by atoms with Crippen molar-refractivity contribution in [1.82, 2.24) is 10.2 Å². The van der Waals surface area contributed by atoms with Gasteiger partial charge in [-0.05, 0) is 42.0 Å². The number of benzene rings is 2. The van der Waals surface area contributed by atoms with E-state index in [4.69, 9.17) is 22.1 Å². The van der Waals surface area contributed by atoms with E-state index >= 15 is 0 Å². The first-order chi connectivity index (χ1) is 14.4. The van der Waals surface area contributed by atoms with Crippen molar-refractivity contribution in [3.8, 4) is 0 Å². The highest BCUT2D eigenvalue weighted by Crippen LogP contribution is 2.19. The normalized spacial score (nSPS) is 16.9. The molecule has 30 heavy (non-hydrogen) atoms. The number of rotatable bonds is 8. The first kappa shape index (κ1) is 22.6. The van der Waals surface area contributed by atoms with Crippen molar-refractivity contribution in [1.29, 1.82) is 0 Å². The van der Waals surface area contributed by atoms with Crippen LogP contribution >= 0.6 is 23.4 Å². The van der Waals surface area contributed by atoms with E-state index in [9.17, 15) is 14.0 Å². The Kier molecular flexibility index (Phi) is 8.09. The molecule has 3 N–H and O–H groups in total. The molecule has 0 bridgehead atoms. The Morgan fingerprint density at radius 2 is 2.03 bits per heavy atom. The molecule has 2 aromatic rings. The van der Waals surface area contributed by atoms with Crippen molar-refractivity contribution in [3.05, 3.63) is 64.4 Å². The molecule has 1 aliphatic heterocycles. The van der Waals surface area contributed by atoms with Crippen LogP contribution in [0.15, 0.2) is 47.4 Å². The number of primary amides is 1. The Morgan fingerprint density at radius 1 is 1.27 bits per heavy atom. The standard InChI is InChI=1S/C21H23ClFN3O3S/c22-18-9-14(1-6-19(18)23)11-26-7-8-29-16(12-26)10-25-20(27)13-30-17-4-2-15(3-5-17)21(24)28/h1-6,9,16H,7-8,10-13H2,(H2,24,28)(H,25,27)/t16-/m0/s1. The number of nitrogens with two attached hydrogens (primary N) is 1. The molecule has 1 saturated heterocycles. The van der Waals surface area contributed by atoms with Gasteiger partial charge in [-0.15, -0.1) is 11.8 Å². The van der Waals surface area contributed by atoms with Crippen LogP contribution in [0.2, 0.25) is 5.02 Å². The molecule has 6 nitrogen and oxygen atoms in total. The summed E-state index contributed by atoms with van der Waals surface area (Å²) in [5.41, 5.74) is 6.59. The molecule has 0 aliphatic carbocycles. The second kappa shape index (κ2) is 10.8. The van der Waals surface area contributed by atoms with Crippen molar-refractivity contribution in [2.45, 2.75) is 17.5 Å². The molecule has 1 aliphatic rings. The number of morpholine rings is 1. The van der Waals surface area contributed by atoms with Gasteiger partial charge in [-0.2, -0.15) is 0 Å². The summed E-state index contributed by atoms with van der Waals surface area (Å²) in [5, 5.41) is 3.01. The molecular formula is C21H23ClFN3O3S. The summed E-state index contributed by atoms with van der Waals surface area (Å²) < 4.78 is 19.1. The Balaban J connectivity index is 1.40. The fourth-order valence-corrected chi connectivity index (χ4v) is 4.02. The number of hydrogen-bond donors (Lipinski definition) is 2. The van der Waals surface area contributed by atoms with Crippen LogP contribution < -0.4 is 11.1 Å². The Labute approximate surface area is 183 Å². The average Bonchev–Trinajstić information content (AvgIpc) is 2.74. The van der Waals surface area contributed by atoms with Gasteiger partial charge in [-0.1, -0.05) is 17.7 Å². The zero-order chi connectivity index (χ0) is 21.5. The topological polar surface area (TPSA) is 84.7 Å². The van der Waals surface area contributed by atoms with Crippen molar-refractivity contribution >= 4 is 35.2 Å². The Morgan fingerprint density at radius 3 is 2.73 bits per heavy atom. The molecule has 2 amide bonds. The van der Waals surface area contributed by atoms with Gasteiger partial charge in [0.25, 0.3) is 0 Å². The molecule has 1 heterocycles. The zero-order valence-electron chi connectivity index (χ0n) is 16.3. The number of nitrogens with zero attached hydrogens (tertiary/aromatic N) is 1. The summed E-state index contributed by atoms with van der Waals surface area (Å²) in [6.07, 6.45) is -0.113. The third-order valence-electron chi connectivity index (χ3n) is 4.65. The second-order valence-electron chi connectivity index (χ2n) is 6.96. The molecule has 0 unspecified atom stereocenters. The third kappa shape index (κ3) is 6.70. The van der Waals surface area contributed by atoms with Gasteiger partial charge in [0.1, 0.15) is 5.82 Å². The van der Waals surface area contributed by atoms with Gasteiger partial charge in [0.05, 0.1) is 23.5 Å². The molecule has 1 fully saturated rings. The van der Waals surface area contributed by atoms with Gasteiger partial charge in [-0.3, -0.25) is 14.5 Å². The molecule has 9 heteroatoms. The predicted molar refractivity (Wildman–Crippen MR) is 115 cm³/mol. The number of thioether (sulfide) groups is 1. The summed E-state index contributed by atoms with van der Waals surface area (Å²) >= 11 is 7.23. The van der Waals surface area contributed by atoms with Crippen molar-refractivity contribution in [2.75, 3.05) is 32.0 Å². The molecule has 0 aromatic heterocycles. The van der Waals surface area contributed by atoms with Crippen molar-refractivity contribution in [2.24, 2.45) is 5.73 Å². The number of amides is 2. The van der Waals surface area contributed by atoms with Crippen LogP contribution in [0.1, 0.15) is 15.9 Å². The van der Waals surface area contributed by atoms with Gasteiger partial charge < -0.3 is 15.8 Å². The van der Waals surface area contributed by atoms with Crippen LogP contribution in [0.3, 0.4) is 0 Å². The first-order valence-electron chi connectivity index (χ1n) is 9.48. The van der Waals surface area contributed by atoms with Crippen LogP contribution in [0, 0.1) is 5.82 Å². The summed E-state index contributed by atoms with van der Waals surface area (Å²) in [7, 11) is 0. The third-order valence-corrected chi connectivity index (χ3v) is 5.95. The van der Waals surface area contributed by atoms with E-state index < -0.39 is 11.7 Å². The van der Waals surface area contributed by atoms with E-state index in [0.29, 0.717) is 31.8 Å². The van der Waals surface area contributed by atoms with Crippen molar-refractivity contribution in [3.63, 3.8) is 0 Å². The quantitative estimate of drug-likeness (QED) is 0.603. The molecule has 3 rings (SSSR count). The summed E-state index contributed by atoms with van der Waals surface area (Å²) in [5.74, 6) is -0.733. The SMILES string of the molecule is NC(=O)c1ccc(SCC(=O)NC[C@H]2CN(Cc3ccc(F)c(Cl)c3)CCO2)cc1. The molecule has 0 spiro atoms. The highest BCUT2D eigenvalue weighted by molar-refractivity contribution is 8.00. The number of hydrogen-bond acceptors (Lipinski definition) is 5. The second-order valence-corrected chi connectivity index (χ2v) is 8.41. The minimum atomic E-state index is -0.478. The maximum Gasteiger partial charge on any atom is 0.248 e. The summed E-state index contributed by atoms with van der Waals surface area (Å²) in [4.78, 5) is 26.3. The molecular weight excluding hydrogens is 429 g/mol. The lowest BCUT2D eigenvalue weighted by Gasteiger charge is -2.33. The zero-order valence-corrected chi connectivity index (χ0v) is 17.8. The summed E-state index contributed by atoms with van der Waals surface area (Å²) in [6.45, 7) is 3.05. The smallest absolute Gasteiger partial charge is 0.248 e. The van der Waals surface area contributed by atoms with Crippen LogP contribution in [0.5, 0.6) is 0 Å². The first-order valence-corrected chi connectivity index (χ1v) is 10.8. The average molecular weight is 452 g/mol. The number of ether oxygens (including phenoxy) is 1. The minimum absolute atomic E-state index is 0.0926. The van der Waals surface area contributed by atoms with Crippen LogP contribution in [0.25, 0.3) is 0 Å². The highest BCUT2D eigenvalue weighted by atomic mass is 35.5. The lowest BCUT2D eigenvalue weighted by atomic mass is 10.2. The van der Waals surface area contributed by atoms with Gasteiger partial charge in [0.15, 0.2) is 0 Å². The lowest BCUT2D eigenvalue weighted by molar-refractivity contribution is -0.119. The molecule has 2 aromatic carbocycles. The van der Waals surface area contributed by atoms with Gasteiger partial charge >= 0.3 is 0 Å². The summed E-state index contributed by atoms with van der Waals surface area (Å²) in [6, 6.07) is 11.5. The van der Waals surface area contributed by atoms with E-state index in [-0.39, 0.29) is 22.8 Å². The lowest BCUT2D eigenvalue weighted by Crippen LogP contribution is -2.47. The van der Waals surface area contributed by atoms with Gasteiger partial charge in [0, 0.05) is 36.6 Å². The van der Waals surface area contributed by atoms with Crippen LogP contribution in [0.4, 0.5) is 4.39 Å². The van der Waals surface area contributed by atoms with Crippen LogP contribution in [-0.4, -0.2) is 54.8 Å². The number of carbonyl (C=O) groups excluding carboxylic acids is 2. The van der Waals surface area contributed by atoms with Gasteiger partial charge in [-0.25, -0.2) is 4.39 Å². The monoisotopic (exact) mass is 451 g/mol. The molecule has 0 saturated carbocycles. The van der Waals surface area contributed by atoms with E-state index in [2.05, 4.69) is 10.2 Å². The van der Waals surface area contributed by atoms with Crippen molar-refractivity contribution < 1.29 is 18.7 Å². The highest BCUT2D eigenvalue weighted by Gasteiger charge is 2.21. The Bertz CT molecular complexity index is 898. The maximum atomic E-state index is 13.3. The van der Waals surface area contributed by atoms with E-state index in [1.165, 1.54) is 17.8 Å². The number of carbonyl (C=O) groups is 2. The maximum absolute atomic E-state index is 13.3.